The van der Waals surface area contributed by atoms with Crippen LogP contribution in [0.1, 0.15) is 90.7 Å². The monoisotopic (exact) mass is 276 g/mol. The van der Waals surface area contributed by atoms with E-state index < -0.39 is 0 Å². The van der Waals surface area contributed by atoms with Crippen molar-refractivity contribution in [3.63, 3.8) is 0 Å². The van der Waals surface area contributed by atoms with Crippen molar-refractivity contribution in [2.75, 3.05) is 0 Å². The summed E-state index contributed by atoms with van der Waals surface area (Å²) in [6.07, 6.45) is 8.15. The fraction of sp³-hybridized carbons (Fsp3) is 0.700. The van der Waals surface area contributed by atoms with E-state index in [4.69, 9.17) is 0 Å². The first kappa shape index (κ1) is 19.2. The van der Waals surface area contributed by atoms with Gasteiger partial charge in [-0.15, -0.1) is 0 Å². The van der Waals surface area contributed by atoms with Crippen LogP contribution < -0.4 is 0 Å². The first-order valence-corrected chi connectivity index (χ1v) is 8.76. The van der Waals surface area contributed by atoms with Gasteiger partial charge in [0.05, 0.1) is 0 Å². The van der Waals surface area contributed by atoms with Gasteiger partial charge >= 0.3 is 0 Å². The van der Waals surface area contributed by atoms with Crippen molar-refractivity contribution in [2.45, 2.75) is 86.0 Å². The highest BCUT2D eigenvalue weighted by molar-refractivity contribution is 5.33. The van der Waals surface area contributed by atoms with Crippen molar-refractivity contribution < 1.29 is 0 Å². The predicted octanol–water partition coefficient (Wildman–Crippen LogP) is 6.99. The van der Waals surface area contributed by atoms with Crippen LogP contribution in [0.25, 0.3) is 0 Å². The SMILES string of the molecule is CC.CC1CCc2ccccc21.CCCC(C)CCC. The smallest absolute Gasteiger partial charge is 0.0184 e. The van der Waals surface area contributed by atoms with E-state index in [1.807, 2.05) is 13.8 Å². The average molecular weight is 277 g/mol. The Morgan fingerprint density at radius 1 is 1.05 bits per heavy atom. The number of fused-ring (bicyclic) bond motifs is 1. The molecule has 0 N–H and O–H groups in total. The van der Waals surface area contributed by atoms with E-state index in [0.29, 0.717) is 0 Å². The van der Waals surface area contributed by atoms with Crippen LogP contribution >= 0.6 is 0 Å². The Balaban J connectivity index is 0.000000330. The minimum Gasteiger partial charge on any atom is -0.0683 e. The van der Waals surface area contributed by atoms with Crippen LogP contribution in [0.15, 0.2) is 24.3 Å². The van der Waals surface area contributed by atoms with Crippen LogP contribution in [0.4, 0.5) is 0 Å². The van der Waals surface area contributed by atoms with Crippen LogP contribution in [-0.4, -0.2) is 0 Å². The molecule has 1 aromatic carbocycles. The minimum atomic E-state index is 0.802. The Morgan fingerprint density at radius 3 is 2.10 bits per heavy atom. The Morgan fingerprint density at radius 2 is 1.60 bits per heavy atom. The molecule has 0 amide bonds. The molecule has 1 aromatic rings. The summed E-state index contributed by atoms with van der Waals surface area (Å²) < 4.78 is 0. The average Bonchev–Trinajstić information content (AvgIpc) is 2.85. The van der Waals surface area contributed by atoms with Crippen molar-refractivity contribution in [3.8, 4) is 0 Å². The van der Waals surface area contributed by atoms with Gasteiger partial charge in [-0.2, -0.15) is 0 Å². The molecule has 0 heteroatoms. The zero-order chi connectivity index (χ0) is 15.4. The van der Waals surface area contributed by atoms with Crippen molar-refractivity contribution in [1.82, 2.24) is 0 Å². The quantitative estimate of drug-likeness (QED) is 0.556. The van der Waals surface area contributed by atoms with Gasteiger partial charge in [0.15, 0.2) is 0 Å². The van der Waals surface area contributed by atoms with Gasteiger partial charge in [0.2, 0.25) is 0 Å². The molecule has 2 rings (SSSR count). The number of aryl methyl sites for hydroxylation is 1. The molecule has 1 unspecified atom stereocenters. The highest BCUT2D eigenvalue weighted by atomic mass is 14.2. The van der Waals surface area contributed by atoms with Crippen LogP contribution in [-0.2, 0) is 6.42 Å². The Kier molecular flexibility index (Phi) is 11.5. The van der Waals surface area contributed by atoms with Gasteiger partial charge in [0, 0.05) is 0 Å². The van der Waals surface area contributed by atoms with Gasteiger partial charge in [-0.05, 0) is 35.8 Å². The lowest BCUT2D eigenvalue weighted by Gasteiger charge is -2.05. The third-order valence-corrected chi connectivity index (χ3v) is 4.00. The molecule has 0 saturated heterocycles. The zero-order valence-corrected chi connectivity index (χ0v) is 14.7. The summed E-state index contributed by atoms with van der Waals surface area (Å²) in [5, 5.41) is 0. The number of hydrogen-bond donors (Lipinski definition) is 0. The topological polar surface area (TPSA) is 0 Å². The first-order valence-electron chi connectivity index (χ1n) is 8.76. The first-order chi connectivity index (χ1) is 9.69. The van der Waals surface area contributed by atoms with Gasteiger partial charge in [-0.25, -0.2) is 0 Å². The van der Waals surface area contributed by atoms with E-state index in [9.17, 15) is 0 Å². The Bertz CT molecular complexity index is 321. The molecule has 116 valence electrons. The molecule has 0 saturated carbocycles. The molecule has 0 heterocycles. The van der Waals surface area contributed by atoms with E-state index in [2.05, 4.69) is 52.0 Å². The molecule has 0 spiro atoms. The van der Waals surface area contributed by atoms with E-state index in [0.717, 1.165) is 11.8 Å². The maximum Gasteiger partial charge on any atom is -0.0184 e. The summed E-state index contributed by atoms with van der Waals surface area (Å²) in [6.45, 7) is 13.2. The second kappa shape index (κ2) is 12.0. The molecule has 0 aromatic heterocycles. The lowest BCUT2D eigenvalue weighted by atomic mass is 10.0. The van der Waals surface area contributed by atoms with Crippen molar-refractivity contribution in [1.29, 1.82) is 0 Å². The molecule has 0 fully saturated rings. The highest BCUT2D eigenvalue weighted by Crippen LogP contribution is 2.31. The van der Waals surface area contributed by atoms with Crippen LogP contribution in [0.3, 0.4) is 0 Å². The fourth-order valence-corrected chi connectivity index (χ4v) is 2.90. The Labute approximate surface area is 128 Å². The second-order valence-corrected chi connectivity index (χ2v) is 5.82. The van der Waals surface area contributed by atoms with Gasteiger partial charge in [0.25, 0.3) is 0 Å². The van der Waals surface area contributed by atoms with Crippen molar-refractivity contribution in [3.05, 3.63) is 35.4 Å². The number of rotatable bonds is 4. The second-order valence-electron chi connectivity index (χ2n) is 5.82. The zero-order valence-electron chi connectivity index (χ0n) is 14.7. The molecule has 0 nitrogen and oxygen atoms in total. The molecule has 1 aliphatic carbocycles. The molecular formula is C20H36. The van der Waals surface area contributed by atoms with Crippen LogP contribution in [0, 0.1) is 5.92 Å². The number of benzene rings is 1. The number of hydrogen-bond acceptors (Lipinski definition) is 0. The molecule has 20 heavy (non-hydrogen) atoms. The summed E-state index contributed by atoms with van der Waals surface area (Å²) in [7, 11) is 0. The lowest BCUT2D eigenvalue weighted by Crippen LogP contribution is -1.91. The largest absolute Gasteiger partial charge is 0.0683 e. The molecular weight excluding hydrogens is 240 g/mol. The maximum absolute atomic E-state index is 2.34. The van der Waals surface area contributed by atoms with Crippen molar-refractivity contribution >= 4 is 0 Å². The van der Waals surface area contributed by atoms with Crippen molar-refractivity contribution in [2.24, 2.45) is 5.92 Å². The van der Waals surface area contributed by atoms with E-state index in [1.165, 1.54) is 38.5 Å². The van der Waals surface area contributed by atoms with Gasteiger partial charge < -0.3 is 0 Å². The van der Waals surface area contributed by atoms with Crippen LogP contribution in [0.2, 0.25) is 0 Å². The summed E-state index contributed by atoms with van der Waals surface area (Å²) in [5.41, 5.74) is 3.14. The third kappa shape index (κ3) is 7.12. The van der Waals surface area contributed by atoms with E-state index in [1.54, 1.807) is 11.1 Å². The van der Waals surface area contributed by atoms with Gasteiger partial charge in [0.1, 0.15) is 0 Å². The summed E-state index contributed by atoms with van der Waals surface area (Å²) in [4.78, 5) is 0. The molecule has 1 atom stereocenters. The van der Waals surface area contributed by atoms with E-state index in [-0.39, 0.29) is 0 Å². The van der Waals surface area contributed by atoms with Crippen LogP contribution in [0.5, 0.6) is 0 Å². The molecule has 0 radical (unpaired) electrons. The third-order valence-electron chi connectivity index (χ3n) is 4.00. The molecule has 1 aliphatic rings. The predicted molar refractivity (Wildman–Crippen MR) is 93.5 cm³/mol. The minimum absolute atomic E-state index is 0.802. The fourth-order valence-electron chi connectivity index (χ4n) is 2.90. The van der Waals surface area contributed by atoms with E-state index >= 15 is 0 Å². The van der Waals surface area contributed by atoms with Gasteiger partial charge in [-0.3, -0.25) is 0 Å². The molecule has 0 aliphatic heterocycles. The summed E-state index contributed by atoms with van der Waals surface area (Å²) >= 11 is 0. The molecule has 0 bridgehead atoms. The van der Waals surface area contributed by atoms with Gasteiger partial charge in [-0.1, -0.05) is 91.5 Å². The normalized spacial score (nSPS) is 15.8. The highest BCUT2D eigenvalue weighted by Gasteiger charge is 2.16. The maximum atomic E-state index is 2.34. The Hall–Kier alpha value is -0.780. The summed E-state index contributed by atoms with van der Waals surface area (Å²) in [5.74, 6) is 1.76. The summed E-state index contributed by atoms with van der Waals surface area (Å²) in [6, 6.07) is 8.78. The lowest BCUT2D eigenvalue weighted by molar-refractivity contribution is 0.480. The standard InChI is InChI=1S/C10H12.C8H18.C2H6/c1-8-6-7-9-4-2-3-5-10(8)9;1-4-6-8(3)7-5-2;1-2/h2-5,8H,6-7H2,1H3;8H,4-7H2,1-3H3;1-2H3.